The molecule has 2 aromatic rings. The quantitative estimate of drug-likeness (QED) is 0.730. The lowest BCUT2D eigenvalue weighted by Crippen LogP contribution is -2.27. The molecule has 138 valence electrons. The van der Waals surface area contributed by atoms with Crippen molar-refractivity contribution in [3.8, 4) is 17.6 Å². The Morgan fingerprint density at radius 1 is 1.46 bits per heavy atom. The number of halogens is 4. The molecule has 2 rings (SSSR count). The number of nitriles is 1. The van der Waals surface area contributed by atoms with Crippen molar-refractivity contribution in [2.75, 3.05) is 6.61 Å². The van der Waals surface area contributed by atoms with Crippen molar-refractivity contribution >= 4 is 17.6 Å². The van der Waals surface area contributed by atoms with Crippen molar-refractivity contribution < 1.29 is 27.4 Å². The molecular weight excluding hydrogens is 375 g/mol. The van der Waals surface area contributed by atoms with Crippen LogP contribution < -0.4 is 4.74 Å². The second-order valence-corrected chi connectivity index (χ2v) is 5.47. The summed E-state index contributed by atoms with van der Waals surface area (Å²) in [4.78, 5) is 11.7. The summed E-state index contributed by atoms with van der Waals surface area (Å²) in [6.45, 7) is 3.17. The van der Waals surface area contributed by atoms with Crippen LogP contribution in [0, 0.1) is 11.3 Å². The average Bonchev–Trinajstić information content (AvgIpc) is 2.96. The number of hydrogen-bond acceptors (Lipinski definition) is 5. The molecule has 0 bridgehead atoms. The van der Waals surface area contributed by atoms with Gasteiger partial charge in [0, 0.05) is 0 Å². The van der Waals surface area contributed by atoms with Gasteiger partial charge in [0.05, 0.1) is 29.1 Å². The van der Waals surface area contributed by atoms with E-state index in [1.165, 1.54) is 6.92 Å². The van der Waals surface area contributed by atoms with Gasteiger partial charge in [-0.15, -0.1) is 0 Å². The minimum atomic E-state index is -4.55. The molecule has 26 heavy (non-hydrogen) atoms. The summed E-state index contributed by atoms with van der Waals surface area (Å²) in [7, 11) is 0. The van der Waals surface area contributed by atoms with Crippen molar-refractivity contribution in [3.05, 3.63) is 40.5 Å². The molecule has 0 radical (unpaired) electrons. The first-order valence-electron chi connectivity index (χ1n) is 7.37. The third-order valence-corrected chi connectivity index (χ3v) is 3.56. The third-order valence-electron chi connectivity index (χ3n) is 3.26. The van der Waals surface area contributed by atoms with E-state index >= 15 is 0 Å². The van der Waals surface area contributed by atoms with Gasteiger partial charge in [0.25, 0.3) is 0 Å². The normalized spacial score (nSPS) is 12.3. The minimum Gasteiger partial charge on any atom is -0.463 e. The van der Waals surface area contributed by atoms with Crippen LogP contribution in [-0.4, -0.2) is 28.5 Å². The van der Waals surface area contributed by atoms with Gasteiger partial charge in [-0.2, -0.15) is 28.2 Å². The molecule has 0 fully saturated rings. The Labute approximate surface area is 151 Å². The lowest BCUT2D eigenvalue weighted by molar-refractivity contribution is -0.150. The zero-order valence-corrected chi connectivity index (χ0v) is 14.4. The molecule has 1 aromatic carbocycles. The molecule has 0 amide bonds. The third kappa shape index (κ3) is 4.08. The second-order valence-electron chi connectivity index (χ2n) is 5.06. The molecule has 1 atom stereocenters. The molecule has 1 heterocycles. The van der Waals surface area contributed by atoms with Crippen molar-refractivity contribution in [1.82, 2.24) is 9.78 Å². The molecule has 0 aliphatic heterocycles. The molecule has 6 nitrogen and oxygen atoms in total. The van der Waals surface area contributed by atoms with Crippen LogP contribution in [0.2, 0.25) is 5.02 Å². The summed E-state index contributed by atoms with van der Waals surface area (Å²) in [5.74, 6) is -0.794. The fraction of sp³-hybridized carbons (Fsp3) is 0.312. The standard InChI is InChI=1S/C16H13ClF3N3O3/c1-3-25-15(24)9(2)26-14-10(7-21)8-22-23(14)13-5-4-11(6-12(13)17)16(18,19)20/h4-6,8-9H,3H2,1-2H3. The van der Waals surface area contributed by atoms with Gasteiger partial charge in [-0.1, -0.05) is 11.6 Å². The van der Waals surface area contributed by atoms with Gasteiger partial charge in [-0.05, 0) is 32.0 Å². The number of carbonyl (C=O) groups is 1. The maximum atomic E-state index is 12.8. The Balaban J connectivity index is 2.44. The fourth-order valence-corrected chi connectivity index (χ4v) is 2.29. The Hall–Kier alpha value is -2.73. The topological polar surface area (TPSA) is 77.1 Å². The van der Waals surface area contributed by atoms with Crippen LogP contribution in [-0.2, 0) is 15.7 Å². The van der Waals surface area contributed by atoms with E-state index in [0.717, 1.165) is 29.1 Å². The molecule has 10 heteroatoms. The number of rotatable bonds is 5. The molecule has 0 aliphatic rings. The zero-order valence-electron chi connectivity index (χ0n) is 13.7. The summed E-state index contributed by atoms with van der Waals surface area (Å²) in [6.07, 6.45) is -4.46. The molecule has 0 saturated heterocycles. The van der Waals surface area contributed by atoms with Crippen molar-refractivity contribution in [2.24, 2.45) is 0 Å². The highest BCUT2D eigenvalue weighted by atomic mass is 35.5. The van der Waals surface area contributed by atoms with E-state index < -0.39 is 23.8 Å². The number of esters is 1. The summed E-state index contributed by atoms with van der Waals surface area (Å²) < 4.78 is 49.6. The molecule has 0 saturated carbocycles. The van der Waals surface area contributed by atoms with Gasteiger partial charge in [0.2, 0.25) is 5.88 Å². The largest absolute Gasteiger partial charge is 0.463 e. The van der Waals surface area contributed by atoms with Crippen LogP contribution in [0.5, 0.6) is 5.88 Å². The Morgan fingerprint density at radius 2 is 2.15 bits per heavy atom. The highest BCUT2D eigenvalue weighted by molar-refractivity contribution is 6.32. The van der Waals surface area contributed by atoms with Gasteiger partial charge < -0.3 is 9.47 Å². The Morgan fingerprint density at radius 3 is 2.69 bits per heavy atom. The molecule has 1 aromatic heterocycles. The van der Waals surface area contributed by atoms with Gasteiger partial charge in [-0.3, -0.25) is 0 Å². The van der Waals surface area contributed by atoms with Crippen LogP contribution in [0.25, 0.3) is 5.69 Å². The number of nitrogens with zero attached hydrogens (tertiary/aromatic N) is 3. The predicted molar refractivity (Wildman–Crippen MR) is 85.0 cm³/mol. The van der Waals surface area contributed by atoms with E-state index in [4.69, 9.17) is 21.1 Å². The monoisotopic (exact) mass is 387 g/mol. The number of alkyl halides is 3. The molecule has 1 unspecified atom stereocenters. The van der Waals surface area contributed by atoms with Crippen LogP contribution in [0.1, 0.15) is 25.0 Å². The number of benzene rings is 1. The van der Waals surface area contributed by atoms with E-state index in [1.54, 1.807) is 6.92 Å². The summed E-state index contributed by atoms with van der Waals surface area (Å²) in [6, 6.07) is 4.50. The second kappa shape index (κ2) is 7.66. The first-order valence-corrected chi connectivity index (χ1v) is 7.75. The maximum absolute atomic E-state index is 12.8. The smallest absolute Gasteiger partial charge is 0.416 e. The minimum absolute atomic E-state index is 0.0166. The van der Waals surface area contributed by atoms with Gasteiger partial charge in [-0.25, -0.2) is 4.79 Å². The Bertz CT molecular complexity index is 859. The molecular formula is C16H13ClF3N3O3. The first-order chi connectivity index (χ1) is 12.2. The highest BCUT2D eigenvalue weighted by Gasteiger charge is 2.31. The number of aromatic nitrogens is 2. The van der Waals surface area contributed by atoms with Crippen molar-refractivity contribution in [2.45, 2.75) is 26.1 Å². The fourth-order valence-electron chi connectivity index (χ4n) is 2.03. The molecule has 0 N–H and O–H groups in total. The first kappa shape index (κ1) is 19.6. The zero-order chi connectivity index (χ0) is 19.5. The number of ether oxygens (including phenoxy) is 2. The van der Waals surface area contributed by atoms with E-state index in [0.29, 0.717) is 0 Å². The van der Waals surface area contributed by atoms with Crippen molar-refractivity contribution in [3.63, 3.8) is 0 Å². The van der Waals surface area contributed by atoms with Gasteiger partial charge in [0.1, 0.15) is 11.6 Å². The lowest BCUT2D eigenvalue weighted by Gasteiger charge is -2.16. The molecule has 0 spiro atoms. The summed E-state index contributed by atoms with van der Waals surface area (Å²) in [5.41, 5.74) is -0.884. The van der Waals surface area contributed by atoms with Crippen LogP contribution in [0.15, 0.2) is 24.4 Å². The van der Waals surface area contributed by atoms with Gasteiger partial charge in [0.15, 0.2) is 6.10 Å². The van der Waals surface area contributed by atoms with Gasteiger partial charge >= 0.3 is 12.1 Å². The van der Waals surface area contributed by atoms with Crippen LogP contribution in [0.3, 0.4) is 0 Å². The number of hydrogen-bond donors (Lipinski definition) is 0. The van der Waals surface area contributed by atoms with Crippen molar-refractivity contribution in [1.29, 1.82) is 5.26 Å². The maximum Gasteiger partial charge on any atom is 0.416 e. The predicted octanol–water partition coefficient (Wildman–Crippen LogP) is 3.75. The number of carbonyl (C=O) groups excluding carboxylic acids is 1. The van der Waals surface area contributed by atoms with Crippen LogP contribution >= 0.6 is 11.6 Å². The highest BCUT2D eigenvalue weighted by Crippen LogP contribution is 2.34. The Kier molecular flexibility index (Phi) is 5.77. The van der Waals surface area contributed by atoms with Crippen LogP contribution in [0.4, 0.5) is 13.2 Å². The van der Waals surface area contributed by atoms with E-state index in [1.807, 2.05) is 6.07 Å². The van der Waals surface area contributed by atoms with E-state index in [9.17, 15) is 23.2 Å². The van der Waals surface area contributed by atoms with E-state index in [2.05, 4.69) is 5.10 Å². The van der Waals surface area contributed by atoms with E-state index in [-0.39, 0.29) is 28.8 Å². The summed E-state index contributed by atoms with van der Waals surface area (Å²) >= 11 is 5.95. The summed E-state index contributed by atoms with van der Waals surface area (Å²) in [5, 5.41) is 12.8. The average molecular weight is 388 g/mol. The molecule has 0 aliphatic carbocycles. The lowest BCUT2D eigenvalue weighted by atomic mass is 10.2. The SMILES string of the molecule is CCOC(=O)C(C)Oc1c(C#N)cnn1-c1ccc(C(F)(F)F)cc1Cl.